The topological polar surface area (TPSA) is 92.6 Å². The van der Waals surface area contributed by atoms with Crippen molar-refractivity contribution < 1.29 is 4.79 Å². The summed E-state index contributed by atoms with van der Waals surface area (Å²) in [4.78, 5) is 21.4. The predicted octanol–water partition coefficient (Wildman–Crippen LogP) is 0.894. The first-order valence-electron chi connectivity index (χ1n) is 5.70. The molecule has 1 amide bonds. The number of nitrogens with zero attached hydrogens (tertiary/aromatic N) is 6. The van der Waals surface area contributed by atoms with E-state index in [0.717, 1.165) is 0 Å². The lowest BCUT2D eigenvalue weighted by Crippen LogP contribution is -2.22. The van der Waals surface area contributed by atoms with Gasteiger partial charge in [0.15, 0.2) is 17.2 Å². The Morgan fingerprint density at radius 1 is 1.40 bits per heavy atom. The van der Waals surface area contributed by atoms with Crippen LogP contribution in [0.3, 0.4) is 0 Å². The number of halogens is 1. The second-order valence-corrected chi connectivity index (χ2v) is 4.63. The molecule has 0 saturated carbocycles. The summed E-state index contributed by atoms with van der Waals surface area (Å²) in [5.74, 6) is 0.277. The summed E-state index contributed by atoms with van der Waals surface area (Å²) >= 11 is 5.86. The Hall–Kier alpha value is -2.48. The molecule has 0 unspecified atom stereocenters. The van der Waals surface area contributed by atoms with Gasteiger partial charge in [-0.3, -0.25) is 9.89 Å². The highest BCUT2D eigenvalue weighted by Gasteiger charge is 2.15. The number of rotatable bonds is 2. The largest absolute Gasteiger partial charge is 0.343 e. The summed E-state index contributed by atoms with van der Waals surface area (Å²) in [5.41, 5.74) is 0.831. The van der Waals surface area contributed by atoms with Gasteiger partial charge in [-0.15, -0.1) is 0 Å². The molecule has 0 atom stereocenters. The molecule has 0 aromatic carbocycles. The van der Waals surface area contributed by atoms with Gasteiger partial charge in [-0.05, 0) is 17.7 Å². The highest BCUT2D eigenvalue weighted by atomic mass is 35.5. The number of carbonyl (C=O) groups is 1. The van der Waals surface area contributed by atoms with Crippen molar-refractivity contribution in [3.63, 3.8) is 0 Å². The van der Waals surface area contributed by atoms with Crippen molar-refractivity contribution in [2.24, 2.45) is 0 Å². The number of carbonyl (C=O) groups excluding carboxylic acids is 1. The smallest absolute Gasteiger partial charge is 0.273 e. The van der Waals surface area contributed by atoms with E-state index in [9.17, 15) is 4.79 Å². The molecule has 3 rings (SSSR count). The van der Waals surface area contributed by atoms with E-state index >= 15 is 0 Å². The van der Waals surface area contributed by atoms with Crippen molar-refractivity contribution in [1.82, 2.24) is 34.8 Å². The molecule has 3 aromatic rings. The monoisotopic (exact) mass is 291 g/mol. The SMILES string of the molecule is CN(C)C(=O)c1ccn(-c2nc(Cl)nc3[nH]ncc23)n1. The van der Waals surface area contributed by atoms with Crippen molar-refractivity contribution in [3.8, 4) is 5.82 Å². The summed E-state index contributed by atoms with van der Waals surface area (Å²) < 4.78 is 1.47. The second-order valence-electron chi connectivity index (χ2n) is 4.29. The summed E-state index contributed by atoms with van der Waals surface area (Å²) in [6, 6.07) is 1.62. The fraction of sp³-hybridized carbons (Fsp3) is 0.182. The van der Waals surface area contributed by atoms with Gasteiger partial charge >= 0.3 is 0 Å². The van der Waals surface area contributed by atoms with E-state index in [1.165, 1.54) is 9.58 Å². The van der Waals surface area contributed by atoms with Gasteiger partial charge < -0.3 is 4.90 Å². The number of nitrogens with one attached hydrogen (secondary N) is 1. The molecule has 0 saturated heterocycles. The molecule has 0 aliphatic rings. The molecule has 3 aromatic heterocycles. The van der Waals surface area contributed by atoms with Gasteiger partial charge in [-0.2, -0.15) is 20.2 Å². The first-order chi connectivity index (χ1) is 9.56. The molecule has 0 bridgehead atoms. The molecular formula is C11H10ClN7O. The van der Waals surface area contributed by atoms with Crippen LogP contribution in [-0.2, 0) is 0 Å². The molecule has 20 heavy (non-hydrogen) atoms. The zero-order valence-electron chi connectivity index (χ0n) is 10.7. The maximum atomic E-state index is 11.8. The first-order valence-corrected chi connectivity index (χ1v) is 6.08. The molecule has 1 N–H and O–H groups in total. The molecule has 3 heterocycles. The van der Waals surface area contributed by atoms with Crippen molar-refractivity contribution in [1.29, 1.82) is 0 Å². The van der Waals surface area contributed by atoms with Crippen LogP contribution in [0, 0.1) is 0 Å². The van der Waals surface area contributed by atoms with Crippen LogP contribution in [-0.4, -0.2) is 54.8 Å². The Labute approximate surface area is 118 Å². The van der Waals surface area contributed by atoms with E-state index in [1.807, 2.05) is 0 Å². The third-order valence-electron chi connectivity index (χ3n) is 2.69. The molecule has 8 nitrogen and oxygen atoms in total. The third kappa shape index (κ3) is 1.99. The Morgan fingerprint density at radius 3 is 2.95 bits per heavy atom. The van der Waals surface area contributed by atoms with Crippen LogP contribution >= 0.6 is 11.6 Å². The minimum atomic E-state index is -0.188. The Kier molecular flexibility index (Phi) is 2.87. The lowest BCUT2D eigenvalue weighted by Gasteiger charge is -2.07. The van der Waals surface area contributed by atoms with Crippen LogP contribution in [0.4, 0.5) is 0 Å². The maximum Gasteiger partial charge on any atom is 0.273 e. The standard InChI is InChI=1S/C11H10ClN7O/c1-18(2)10(20)7-3-4-19(17-7)9-6-5-13-16-8(6)14-11(12)15-9/h3-5H,1-2H3,(H,13,14,15,16). The summed E-state index contributed by atoms with van der Waals surface area (Å²) in [7, 11) is 3.33. The third-order valence-corrected chi connectivity index (χ3v) is 2.86. The van der Waals surface area contributed by atoms with Gasteiger partial charge in [-0.1, -0.05) is 0 Å². The average Bonchev–Trinajstić information content (AvgIpc) is 3.05. The van der Waals surface area contributed by atoms with Gasteiger partial charge in [-0.25, -0.2) is 4.68 Å². The van der Waals surface area contributed by atoms with Crippen molar-refractivity contribution in [2.75, 3.05) is 14.1 Å². The number of fused-ring (bicyclic) bond motifs is 1. The summed E-state index contributed by atoms with van der Waals surface area (Å²) in [6.07, 6.45) is 3.22. The lowest BCUT2D eigenvalue weighted by molar-refractivity contribution is 0.0821. The zero-order chi connectivity index (χ0) is 14.3. The average molecular weight is 292 g/mol. The summed E-state index contributed by atoms with van der Waals surface area (Å²) in [5, 5.41) is 11.6. The minimum absolute atomic E-state index is 0.0766. The van der Waals surface area contributed by atoms with Gasteiger partial charge in [0, 0.05) is 20.3 Å². The van der Waals surface area contributed by atoms with E-state index in [0.29, 0.717) is 22.5 Å². The molecule has 0 radical (unpaired) electrons. The van der Waals surface area contributed by atoms with Crippen LogP contribution in [0.1, 0.15) is 10.5 Å². The number of amides is 1. The van der Waals surface area contributed by atoms with E-state index in [2.05, 4.69) is 25.3 Å². The van der Waals surface area contributed by atoms with Crippen LogP contribution in [0.25, 0.3) is 16.9 Å². The van der Waals surface area contributed by atoms with E-state index in [1.54, 1.807) is 32.6 Å². The number of aromatic nitrogens is 6. The molecule has 0 spiro atoms. The van der Waals surface area contributed by atoms with Gasteiger partial charge in [0.05, 0.1) is 11.6 Å². The molecule has 0 aliphatic carbocycles. The Morgan fingerprint density at radius 2 is 2.20 bits per heavy atom. The van der Waals surface area contributed by atoms with E-state index < -0.39 is 0 Å². The highest BCUT2D eigenvalue weighted by molar-refractivity contribution is 6.28. The van der Waals surface area contributed by atoms with Gasteiger partial charge in [0.25, 0.3) is 5.91 Å². The maximum absolute atomic E-state index is 11.8. The van der Waals surface area contributed by atoms with Crippen molar-refractivity contribution >= 4 is 28.5 Å². The van der Waals surface area contributed by atoms with E-state index in [4.69, 9.17) is 11.6 Å². The lowest BCUT2D eigenvalue weighted by atomic mass is 10.4. The first kappa shape index (κ1) is 12.5. The fourth-order valence-corrected chi connectivity index (χ4v) is 1.92. The molecule has 9 heteroatoms. The zero-order valence-corrected chi connectivity index (χ0v) is 11.5. The van der Waals surface area contributed by atoms with Crippen LogP contribution in [0.15, 0.2) is 18.5 Å². The normalized spacial score (nSPS) is 10.9. The summed E-state index contributed by atoms with van der Waals surface area (Å²) in [6.45, 7) is 0. The van der Waals surface area contributed by atoms with Crippen molar-refractivity contribution in [2.45, 2.75) is 0 Å². The number of H-pyrrole nitrogens is 1. The molecule has 0 fully saturated rings. The predicted molar refractivity (Wildman–Crippen MR) is 71.8 cm³/mol. The van der Waals surface area contributed by atoms with Gasteiger partial charge in [0.1, 0.15) is 0 Å². The van der Waals surface area contributed by atoms with Crippen LogP contribution < -0.4 is 0 Å². The van der Waals surface area contributed by atoms with Crippen LogP contribution in [0.2, 0.25) is 5.28 Å². The molecule has 102 valence electrons. The fourth-order valence-electron chi connectivity index (χ4n) is 1.75. The Balaban J connectivity index is 2.12. The minimum Gasteiger partial charge on any atom is -0.343 e. The quantitative estimate of drug-likeness (QED) is 0.708. The highest BCUT2D eigenvalue weighted by Crippen LogP contribution is 2.18. The van der Waals surface area contributed by atoms with Gasteiger partial charge in [0.2, 0.25) is 5.28 Å². The number of hydrogen-bond acceptors (Lipinski definition) is 5. The Bertz CT molecular complexity index is 791. The van der Waals surface area contributed by atoms with Crippen LogP contribution in [0.5, 0.6) is 0 Å². The van der Waals surface area contributed by atoms with E-state index in [-0.39, 0.29) is 11.2 Å². The molecular weight excluding hydrogens is 282 g/mol. The molecule has 0 aliphatic heterocycles. The second kappa shape index (κ2) is 4.57. The van der Waals surface area contributed by atoms with Crippen molar-refractivity contribution in [3.05, 3.63) is 29.4 Å². The number of aromatic amines is 1. The number of hydrogen-bond donors (Lipinski definition) is 1.